The minimum Gasteiger partial charge on any atom is -0.490 e. The van der Waals surface area contributed by atoms with Crippen LogP contribution in [-0.4, -0.2) is 17.7 Å². The molecular weight excluding hydrogens is 325 g/mol. The van der Waals surface area contributed by atoms with Gasteiger partial charge in [-0.3, -0.25) is 0 Å². The van der Waals surface area contributed by atoms with Gasteiger partial charge in [0, 0.05) is 5.56 Å². The third-order valence-electron chi connectivity index (χ3n) is 3.27. The Bertz CT molecular complexity index is 840. The number of carboxylic acid groups (broad SMARTS) is 1. The molecule has 0 radical (unpaired) electrons. The molecule has 128 valence electrons. The van der Waals surface area contributed by atoms with E-state index in [9.17, 15) is 9.18 Å². The van der Waals surface area contributed by atoms with Gasteiger partial charge in [-0.25, -0.2) is 9.18 Å². The minimum absolute atomic E-state index is 0.0283. The quantitative estimate of drug-likeness (QED) is 0.612. The number of carbonyl (C=O) groups is 1. The summed E-state index contributed by atoms with van der Waals surface area (Å²) in [5.74, 6) is -0.883. The summed E-state index contributed by atoms with van der Waals surface area (Å²) in [5.41, 5.74) is 0.509. The van der Waals surface area contributed by atoms with Crippen LogP contribution < -0.4 is 9.47 Å². The van der Waals surface area contributed by atoms with Crippen molar-refractivity contribution in [2.45, 2.75) is 13.5 Å². The van der Waals surface area contributed by atoms with Gasteiger partial charge in [-0.15, -0.1) is 0 Å². The molecule has 0 atom stereocenters. The van der Waals surface area contributed by atoms with Crippen molar-refractivity contribution in [3.05, 3.63) is 65.0 Å². The van der Waals surface area contributed by atoms with Gasteiger partial charge in [-0.1, -0.05) is 24.3 Å². The Kier molecular flexibility index (Phi) is 6.13. The molecule has 0 saturated carbocycles. The fourth-order valence-electron chi connectivity index (χ4n) is 2.08. The number of hydrogen-bond donors (Lipinski definition) is 1. The van der Waals surface area contributed by atoms with E-state index in [1.807, 2.05) is 0 Å². The fraction of sp³-hybridized carbons (Fsp3) is 0.158. The normalized spacial score (nSPS) is 10.8. The predicted molar refractivity (Wildman–Crippen MR) is 89.6 cm³/mol. The van der Waals surface area contributed by atoms with Gasteiger partial charge in [0.15, 0.2) is 11.5 Å². The van der Waals surface area contributed by atoms with Crippen molar-refractivity contribution >= 4 is 12.0 Å². The molecule has 2 rings (SSSR count). The SMILES string of the molecule is CCOc1cc(C=C(C#N)C(=O)O)ccc1OCc1ccccc1F. The van der Waals surface area contributed by atoms with Crippen LogP contribution in [0.15, 0.2) is 48.0 Å². The molecule has 6 heteroatoms. The Hall–Kier alpha value is -3.33. The van der Waals surface area contributed by atoms with Gasteiger partial charge >= 0.3 is 5.97 Å². The minimum atomic E-state index is -1.31. The van der Waals surface area contributed by atoms with E-state index in [4.69, 9.17) is 19.8 Å². The molecule has 2 aromatic rings. The molecule has 0 heterocycles. The highest BCUT2D eigenvalue weighted by Gasteiger charge is 2.10. The zero-order valence-corrected chi connectivity index (χ0v) is 13.5. The van der Waals surface area contributed by atoms with Crippen molar-refractivity contribution in [1.82, 2.24) is 0 Å². The van der Waals surface area contributed by atoms with Crippen molar-refractivity contribution in [2.24, 2.45) is 0 Å². The molecule has 0 aliphatic heterocycles. The molecule has 0 amide bonds. The molecule has 0 spiro atoms. The molecule has 0 aliphatic rings. The summed E-state index contributed by atoms with van der Waals surface area (Å²) in [4.78, 5) is 10.9. The maximum Gasteiger partial charge on any atom is 0.346 e. The van der Waals surface area contributed by atoms with Crippen LogP contribution in [0.3, 0.4) is 0 Å². The van der Waals surface area contributed by atoms with Gasteiger partial charge in [-0.05, 0) is 36.8 Å². The Labute approximate surface area is 144 Å². The largest absolute Gasteiger partial charge is 0.490 e. The molecule has 25 heavy (non-hydrogen) atoms. The second kappa shape index (κ2) is 8.50. The number of nitrogens with zero attached hydrogens (tertiary/aromatic N) is 1. The number of aliphatic carboxylic acids is 1. The summed E-state index contributed by atoms with van der Waals surface area (Å²) in [6, 6.07) is 12.7. The molecule has 0 unspecified atom stereocenters. The molecule has 0 aliphatic carbocycles. The summed E-state index contributed by atoms with van der Waals surface area (Å²) in [6.45, 7) is 2.19. The topological polar surface area (TPSA) is 79.5 Å². The Morgan fingerprint density at radius 1 is 1.24 bits per heavy atom. The zero-order chi connectivity index (χ0) is 18.2. The number of carboxylic acids is 1. The maximum atomic E-state index is 13.7. The van der Waals surface area contributed by atoms with Crippen LogP contribution in [0.5, 0.6) is 11.5 Å². The highest BCUT2D eigenvalue weighted by atomic mass is 19.1. The van der Waals surface area contributed by atoms with E-state index in [0.717, 1.165) is 0 Å². The highest BCUT2D eigenvalue weighted by molar-refractivity contribution is 5.96. The van der Waals surface area contributed by atoms with Crippen molar-refractivity contribution < 1.29 is 23.8 Å². The van der Waals surface area contributed by atoms with Gasteiger partial charge in [0.2, 0.25) is 0 Å². The van der Waals surface area contributed by atoms with E-state index in [-0.39, 0.29) is 18.0 Å². The third kappa shape index (κ3) is 4.82. The lowest BCUT2D eigenvalue weighted by molar-refractivity contribution is -0.132. The first-order valence-electron chi connectivity index (χ1n) is 7.53. The number of halogens is 1. The van der Waals surface area contributed by atoms with Crippen LogP contribution in [-0.2, 0) is 11.4 Å². The first kappa shape index (κ1) is 18.0. The van der Waals surface area contributed by atoms with Crippen LogP contribution in [0.1, 0.15) is 18.1 Å². The number of hydrogen-bond acceptors (Lipinski definition) is 4. The lowest BCUT2D eigenvalue weighted by Gasteiger charge is -2.13. The third-order valence-corrected chi connectivity index (χ3v) is 3.27. The molecular formula is C19H16FNO4. The van der Waals surface area contributed by atoms with Gasteiger partial charge in [0.25, 0.3) is 0 Å². The van der Waals surface area contributed by atoms with E-state index in [1.54, 1.807) is 49.4 Å². The highest BCUT2D eigenvalue weighted by Crippen LogP contribution is 2.30. The lowest BCUT2D eigenvalue weighted by Crippen LogP contribution is -2.02. The fourth-order valence-corrected chi connectivity index (χ4v) is 2.08. The lowest BCUT2D eigenvalue weighted by atomic mass is 10.1. The molecule has 0 fully saturated rings. The smallest absolute Gasteiger partial charge is 0.346 e. The van der Waals surface area contributed by atoms with E-state index < -0.39 is 5.97 Å². The Balaban J connectivity index is 2.26. The van der Waals surface area contributed by atoms with Crippen LogP contribution in [0.4, 0.5) is 4.39 Å². The van der Waals surface area contributed by atoms with Gasteiger partial charge < -0.3 is 14.6 Å². The van der Waals surface area contributed by atoms with E-state index >= 15 is 0 Å². The monoisotopic (exact) mass is 341 g/mol. The molecule has 2 aromatic carbocycles. The van der Waals surface area contributed by atoms with Gasteiger partial charge in [0.05, 0.1) is 6.61 Å². The maximum absolute atomic E-state index is 13.7. The number of rotatable bonds is 7. The van der Waals surface area contributed by atoms with Gasteiger partial charge in [-0.2, -0.15) is 5.26 Å². The second-order valence-corrected chi connectivity index (χ2v) is 4.99. The van der Waals surface area contributed by atoms with Crippen LogP contribution >= 0.6 is 0 Å². The van der Waals surface area contributed by atoms with E-state index in [1.165, 1.54) is 12.1 Å². The van der Waals surface area contributed by atoms with E-state index in [0.29, 0.717) is 29.2 Å². The van der Waals surface area contributed by atoms with Crippen LogP contribution in [0.25, 0.3) is 6.08 Å². The van der Waals surface area contributed by atoms with Crippen LogP contribution in [0.2, 0.25) is 0 Å². The van der Waals surface area contributed by atoms with Crippen molar-refractivity contribution in [1.29, 1.82) is 5.26 Å². The van der Waals surface area contributed by atoms with Crippen molar-refractivity contribution in [2.75, 3.05) is 6.61 Å². The van der Waals surface area contributed by atoms with Crippen molar-refractivity contribution in [3.63, 3.8) is 0 Å². The molecule has 0 aromatic heterocycles. The second-order valence-electron chi connectivity index (χ2n) is 4.99. The number of nitriles is 1. The molecule has 0 bridgehead atoms. The number of benzene rings is 2. The van der Waals surface area contributed by atoms with E-state index in [2.05, 4.69) is 0 Å². The first-order chi connectivity index (χ1) is 12.0. The van der Waals surface area contributed by atoms with Gasteiger partial charge in [0.1, 0.15) is 24.1 Å². The van der Waals surface area contributed by atoms with Crippen LogP contribution in [0, 0.1) is 17.1 Å². The summed E-state index contributed by atoms with van der Waals surface area (Å²) in [7, 11) is 0. The summed E-state index contributed by atoms with van der Waals surface area (Å²) in [6.07, 6.45) is 1.24. The predicted octanol–water partition coefficient (Wildman–Crippen LogP) is 3.79. The standard InChI is InChI=1S/C19H16FNO4/c1-2-24-18-10-13(9-15(11-21)19(22)23)7-8-17(18)25-12-14-5-3-4-6-16(14)20/h3-10H,2,12H2,1H3,(H,22,23). The first-order valence-corrected chi connectivity index (χ1v) is 7.53. The average molecular weight is 341 g/mol. The summed E-state index contributed by atoms with van der Waals surface area (Å²) < 4.78 is 24.8. The molecule has 0 saturated heterocycles. The summed E-state index contributed by atoms with van der Waals surface area (Å²) in [5, 5.41) is 17.7. The molecule has 1 N–H and O–H groups in total. The Morgan fingerprint density at radius 3 is 2.64 bits per heavy atom. The Morgan fingerprint density at radius 2 is 2.00 bits per heavy atom. The number of ether oxygens (including phenoxy) is 2. The van der Waals surface area contributed by atoms with Crippen molar-refractivity contribution in [3.8, 4) is 17.6 Å². The molecule has 5 nitrogen and oxygen atoms in total. The zero-order valence-electron chi connectivity index (χ0n) is 13.5. The summed E-state index contributed by atoms with van der Waals surface area (Å²) >= 11 is 0. The average Bonchev–Trinajstić information content (AvgIpc) is 2.60.